The van der Waals surface area contributed by atoms with E-state index in [0.717, 1.165) is 0 Å². The number of hydrogen-bond donors (Lipinski definition) is 0. The Morgan fingerprint density at radius 2 is 1.00 bits per heavy atom. The van der Waals surface area contributed by atoms with Crippen LogP contribution in [-0.2, 0) is 18.2 Å². The first-order chi connectivity index (χ1) is 4.71. The van der Waals surface area contributed by atoms with Gasteiger partial charge in [0.25, 0.3) is 0 Å². The van der Waals surface area contributed by atoms with Gasteiger partial charge in [0, 0.05) is 26.7 Å². The highest BCUT2D eigenvalue weighted by Crippen LogP contribution is 2.41. The first-order valence-electron chi connectivity index (χ1n) is 3.10. The molecule has 0 spiro atoms. The van der Waals surface area contributed by atoms with Gasteiger partial charge in [0.1, 0.15) is 0 Å². The van der Waals surface area contributed by atoms with Crippen molar-refractivity contribution in [3.8, 4) is 0 Å². The van der Waals surface area contributed by atoms with Gasteiger partial charge in [0.05, 0.1) is 0 Å². The monoisotopic (exact) mass is 248 g/mol. The Hall–Kier alpha value is 0.380. The molecule has 0 radical (unpaired) electrons. The maximum absolute atomic E-state index is 10.9. The second kappa shape index (κ2) is 8.67. The summed E-state index contributed by atoms with van der Waals surface area (Å²) in [5.74, 6) is 0. The maximum Gasteiger partial charge on any atom is 0.199 e. The molecule has 0 heterocycles. The second-order valence-corrected chi connectivity index (χ2v) is 8.40. The predicted octanol–water partition coefficient (Wildman–Crippen LogP) is 3.96. The van der Waals surface area contributed by atoms with Crippen molar-refractivity contribution in [2.75, 3.05) is 33.5 Å². The van der Waals surface area contributed by atoms with Gasteiger partial charge in [-0.2, -0.15) is 0 Å². The van der Waals surface area contributed by atoms with Crippen LogP contribution in [0.3, 0.4) is 0 Å². The maximum atomic E-state index is 10.9. The van der Waals surface area contributed by atoms with Crippen LogP contribution in [0.5, 0.6) is 0 Å². The Balaban J connectivity index is -0.000000167. The average Bonchev–Trinajstić information content (AvgIpc) is 1.55. The molecule has 0 saturated heterocycles. The summed E-state index contributed by atoms with van der Waals surface area (Å²) in [5.41, 5.74) is 0. The minimum Gasteiger partial charge on any atom is -0.301 e. The van der Waals surface area contributed by atoms with Crippen LogP contribution in [0.2, 0.25) is 0 Å². The van der Waals surface area contributed by atoms with E-state index < -0.39 is 14.7 Å². The van der Waals surface area contributed by atoms with Crippen molar-refractivity contribution in [3.05, 3.63) is 0 Å². The van der Waals surface area contributed by atoms with Crippen molar-refractivity contribution in [2.45, 2.75) is 22.3 Å². The van der Waals surface area contributed by atoms with E-state index in [2.05, 4.69) is 0 Å². The van der Waals surface area contributed by atoms with Crippen LogP contribution in [-0.4, -0.2) is 33.5 Å². The van der Waals surface area contributed by atoms with Gasteiger partial charge in [0.2, 0.25) is 0 Å². The van der Waals surface area contributed by atoms with Crippen molar-refractivity contribution in [3.63, 3.8) is 0 Å². The molecular weight excluding hydrogens is 222 g/mol. The van der Waals surface area contributed by atoms with Crippen LogP contribution in [0.15, 0.2) is 0 Å². The van der Waals surface area contributed by atoms with Crippen LogP contribution in [0.1, 0.15) is 22.3 Å². The molecule has 0 aliphatic heterocycles. The molecule has 0 fully saturated rings. The topological polar surface area (TPSA) is 52.6 Å². The standard InChI is InChI=1S/C5H14O4P2.3CH4/c1-10(2,6)8-5-9-11(3,4)7;;;/h5H2,1-4H3;3*1H4. The van der Waals surface area contributed by atoms with E-state index in [1.807, 2.05) is 0 Å². The SMILES string of the molecule is C.C.C.CP(C)(=O)OCOP(C)(C)=O. The van der Waals surface area contributed by atoms with Crippen LogP contribution >= 0.6 is 14.7 Å². The van der Waals surface area contributed by atoms with E-state index in [1.54, 1.807) is 0 Å². The molecule has 0 N–H and O–H groups in total. The molecule has 0 saturated carbocycles. The molecule has 0 aromatic heterocycles. The van der Waals surface area contributed by atoms with Gasteiger partial charge in [-0.25, -0.2) is 0 Å². The molecule has 14 heavy (non-hydrogen) atoms. The molecule has 0 aromatic carbocycles. The lowest BCUT2D eigenvalue weighted by molar-refractivity contribution is 0.130. The third-order valence-corrected chi connectivity index (χ3v) is 2.18. The fourth-order valence-corrected chi connectivity index (χ4v) is 0.974. The zero-order chi connectivity index (χ0) is 9.12. The van der Waals surface area contributed by atoms with Gasteiger partial charge in [-0.1, -0.05) is 22.3 Å². The fourth-order valence-electron chi connectivity index (χ4n) is 0.277. The van der Waals surface area contributed by atoms with Gasteiger partial charge in [0.15, 0.2) is 21.5 Å². The Morgan fingerprint density at radius 3 is 1.14 bits per heavy atom. The van der Waals surface area contributed by atoms with E-state index in [4.69, 9.17) is 9.05 Å². The highest BCUT2D eigenvalue weighted by molar-refractivity contribution is 7.58. The van der Waals surface area contributed by atoms with Crippen LogP contribution in [0.25, 0.3) is 0 Å². The van der Waals surface area contributed by atoms with Crippen molar-refractivity contribution in [1.82, 2.24) is 0 Å². The van der Waals surface area contributed by atoms with E-state index >= 15 is 0 Å². The summed E-state index contributed by atoms with van der Waals surface area (Å²) < 4.78 is 31.3. The van der Waals surface area contributed by atoms with Crippen molar-refractivity contribution < 1.29 is 18.2 Å². The summed E-state index contributed by atoms with van der Waals surface area (Å²) in [4.78, 5) is 0. The lowest BCUT2D eigenvalue weighted by Gasteiger charge is -2.10. The van der Waals surface area contributed by atoms with Crippen LogP contribution in [0, 0.1) is 0 Å². The van der Waals surface area contributed by atoms with Gasteiger partial charge in [-0.3, -0.25) is 9.13 Å². The molecular formula is C8H26O4P2. The molecule has 0 bridgehead atoms. The smallest absolute Gasteiger partial charge is 0.199 e. The Kier molecular flexibility index (Phi) is 14.8. The lowest BCUT2D eigenvalue weighted by atomic mass is 11.6. The molecule has 0 aliphatic carbocycles. The largest absolute Gasteiger partial charge is 0.301 e. The molecule has 6 heteroatoms. The quantitative estimate of drug-likeness (QED) is 0.558. The lowest BCUT2D eigenvalue weighted by Crippen LogP contribution is -1.94. The van der Waals surface area contributed by atoms with Crippen LogP contribution < -0.4 is 0 Å². The van der Waals surface area contributed by atoms with Crippen molar-refractivity contribution in [2.24, 2.45) is 0 Å². The van der Waals surface area contributed by atoms with Gasteiger partial charge >= 0.3 is 0 Å². The van der Waals surface area contributed by atoms with Gasteiger partial charge in [-0.05, 0) is 0 Å². The number of rotatable bonds is 4. The predicted molar refractivity (Wildman–Crippen MR) is 66.1 cm³/mol. The molecule has 92 valence electrons. The zero-order valence-corrected chi connectivity index (χ0v) is 9.02. The van der Waals surface area contributed by atoms with Gasteiger partial charge < -0.3 is 9.05 Å². The molecule has 0 amide bonds. The van der Waals surface area contributed by atoms with Crippen molar-refractivity contribution >= 4 is 14.7 Å². The highest BCUT2D eigenvalue weighted by atomic mass is 31.2. The average molecular weight is 248 g/mol. The van der Waals surface area contributed by atoms with Gasteiger partial charge in [-0.15, -0.1) is 0 Å². The van der Waals surface area contributed by atoms with E-state index in [9.17, 15) is 9.13 Å². The zero-order valence-electron chi connectivity index (χ0n) is 7.23. The minimum absolute atomic E-state index is 0. The summed E-state index contributed by atoms with van der Waals surface area (Å²) >= 11 is 0. The summed E-state index contributed by atoms with van der Waals surface area (Å²) in [6.45, 7) is 5.76. The fraction of sp³-hybridized carbons (Fsp3) is 1.00. The van der Waals surface area contributed by atoms with Crippen molar-refractivity contribution in [1.29, 1.82) is 0 Å². The molecule has 4 nitrogen and oxygen atoms in total. The minimum atomic E-state index is -2.50. The molecule has 0 atom stereocenters. The molecule has 0 rings (SSSR count). The molecule has 0 unspecified atom stereocenters. The van der Waals surface area contributed by atoms with E-state index in [1.165, 1.54) is 26.7 Å². The molecule has 0 aliphatic rings. The summed E-state index contributed by atoms with van der Waals surface area (Å²) in [5, 5.41) is 0. The second-order valence-electron chi connectivity index (χ2n) is 2.88. The third-order valence-electron chi connectivity index (χ3n) is 0.727. The van der Waals surface area contributed by atoms with E-state index in [-0.39, 0.29) is 29.1 Å². The Labute approximate surface area is 89.3 Å². The summed E-state index contributed by atoms with van der Waals surface area (Å²) in [7, 11) is -5.00. The van der Waals surface area contributed by atoms with Crippen LogP contribution in [0.4, 0.5) is 0 Å². The summed E-state index contributed by atoms with van der Waals surface area (Å²) in [6, 6.07) is 0. The first-order valence-corrected chi connectivity index (χ1v) is 8.13. The van der Waals surface area contributed by atoms with E-state index in [0.29, 0.717) is 0 Å². The third kappa shape index (κ3) is 22.8. The number of hydrogen-bond acceptors (Lipinski definition) is 4. The molecule has 0 aromatic rings. The Bertz CT molecular complexity index is 181. The highest BCUT2D eigenvalue weighted by Gasteiger charge is 2.10. The first kappa shape index (κ1) is 23.9. The summed E-state index contributed by atoms with van der Waals surface area (Å²) in [6.07, 6.45) is 0. The normalized spacial score (nSPS) is 10.6. The Morgan fingerprint density at radius 1 is 0.786 bits per heavy atom.